The van der Waals surface area contributed by atoms with Crippen LogP contribution >= 0.6 is 11.3 Å². The van der Waals surface area contributed by atoms with E-state index in [1.807, 2.05) is 37.1 Å². The molecule has 6 heteroatoms. The number of nitrogens with zero attached hydrogens (tertiary/aromatic N) is 5. The molecule has 0 atom stereocenters. The second-order valence-corrected chi connectivity index (χ2v) is 5.69. The highest BCUT2D eigenvalue weighted by Gasteiger charge is 2.12. The van der Waals surface area contributed by atoms with E-state index in [-0.39, 0.29) is 0 Å². The third kappa shape index (κ3) is 2.38. The highest BCUT2D eigenvalue weighted by atomic mass is 32.1. The zero-order chi connectivity index (χ0) is 14.1. The van der Waals surface area contributed by atoms with E-state index in [1.165, 1.54) is 0 Å². The van der Waals surface area contributed by atoms with Gasteiger partial charge in [-0.3, -0.25) is 0 Å². The Morgan fingerprint density at radius 3 is 2.80 bits per heavy atom. The molecule has 0 N–H and O–H groups in total. The minimum atomic E-state index is 0.746. The number of rotatable bonds is 4. The molecule has 3 aromatic rings. The van der Waals surface area contributed by atoms with Crippen LogP contribution in [0.15, 0.2) is 24.0 Å². The lowest BCUT2D eigenvalue weighted by atomic mass is 10.4. The van der Waals surface area contributed by atoms with Gasteiger partial charge in [-0.05, 0) is 13.3 Å². The van der Waals surface area contributed by atoms with E-state index >= 15 is 0 Å². The molecule has 0 saturated heterocycles. The monoisotopic (exact) mass is 287 g/mol. The molecule has 3 aromatic heterocycles. The van der Waals surface area contributed by atoms with Gasteiger partial charge in [-0.15, -0.1) is 11.3 Å². The van der Waals surface area contributed by atoms with Crippen molar-refractivity contribution in [2.45, 2.75) is 26.8 Å². The second kappa shape index (κ2) is 5.20. The number of aryl methyl sites for hydroxylation is 3. The van der Waals surface area contributed by atoms with Gasteiger partial charge in [-0.1, -0.05) is 6.92 Å². The van der Waals surface area contributed by atoms with E-state index in [1.54, 1.807) is 11.3 Å². The van der Waals surface area contributed by atoms with E-state index < -0.39 is 0 Å². The summed E-state index contributed by atoms with van der Waals surface area (Å²) in [5, 5.41) is 3.23. The summed E-state index contributed by atoms with van der Waals surface area (Å²) in [5.41, 5.74) is 2.06. The summed E-state index contributed by atoms with van der Waals surface area (Å²) in [6.07, 6.45) is 6.78. The highest BCUT2D eigenvalue weighted by molar-refractivity contribution is 7.09. The van der Waals surface area contributed by atoms with Crippen molar-refractivity contribution in [1.82, 2.24) is 24.1 Å². The fraction of sp³-hybridized carbons (Fsp3) is 0.357. The predicted molar refractivity (Wildman–Crippen MR) is 79.8 cm³/mol. The lowest BCUT2D eigenvalue weighted by Crippen LogP contribution is -2.01. The topological polar surface area (TPSA) is 48.5 Å². The third-order valence-electron chi connectivity index (χ3n) is 3.32. The molecule has 0 saturated carbocycles. The van der Waals surface area contributed by atoms with E-state index in [9.17, 15) is 0 Å². The Balaban J connectivity index is 1.90. The first-order chi connectivity index (χ1) is 9.67. The number of thiazole rings is 1. The van der Waals surface area contributed by atoms with Crippen LogP contribution in [0.1, 0.15) is 23.4 Å². The molecule has 0 aromatic carbocycles. The van der Waals surface area contributed by atoms with Gasteiger partial charge in [0.2, 0.25) is 0 Å². The zero-order valence-corrected chi connectivity index (χ0v) is 12.7. The molecule has 0 aliphatic heterocycles. The van der Waals surface area contributed by atoms with Crippen molar-refractivity contribution in [3.05, 3.63) is 40.5 Å². The van der Waals surface area contributed by atoms with Crippen LogP contribution in [-0.4, -0.2) is 24.1 Å². The van der Waals surface area contributed by atoms with Crippen molar-refractivity contribution >= 4 is 11.3 Å². The Morgan fingerprint density at radius 2 is 2.15 bits per heavy atom. The average molecular weight is 287 g/mol. The lowest BCUT2D eigenvalue weighted by molar-refractivity contribution is 0.791. The summed E-state index contributed by atoms with van der Waals surface area (Å²) in [7, 11) is 1.99. The van der Waals surface area contributed by atoms with Crippen molar-refractivity contribution in [3.8, 4) is 11.5 Å². The van der Waals surface area contributed by atoms with Crippen LogP contribution in [0.5, 0.6) is 0 Å². The lowest BCUT2D eigenvalue weighted by Gasteiger charge is -2.03. The smallest absolute Gasteiger partial charge is 0.160 e. The average Bonchev–Trinajstić information content (AvgIpc) is 3.12. The molecule has 0 unspecified atom stereocenters. The number of aromatic nitrogens is 5. The van der Waals surface area contributed by atoms with Crippen LogP contribution in [-0.2, 0) is 20.0 Å². The van der Waals surface area contributed by atoms with Crippen LogP contribution < -0.4 is 0 Å². The number of hydrogen-bond donors (Lipinski definition) is 0. The highest BCUT2D eigenvalue weighted by Crippen LogP contribution is 2.19. The van der Waals surface area contributed by atoms with Gasteiger partial charge in [0.25, 0.3) is 0 Å². The molecular formula is C14H17N5S. The van der Waals surface area contributed by atoms with Gasteiger partial charge in [-0.2, -0.15) is 0 Å². The molecule has 0 aliphatic carbocycles. The summed E-state index contributed by atoms with van der Waals surface area (Å²) in [4.78, 5) is 13.6. The van der Waals surface area contributed by atoms with Gasteiger partial charge in [-0.25, -0.2) is 15.0 Å². The van der Waals surface area contributed by atoms with Crippen molar-refractivity contribution in [3.63, 3.8) is 0 Å². The zero-order valence-electron chi connectivity index (χ0n) is 11.9. The minimum absolute atomic E-state index is 0.746. The standard InChI is InChI=1S/C14H17N5S/c1-4-11-9-20-13(17-11)8-19-6-5-15-14(19)12-7-18(3)10(2)16-12/h5-7,9H,4,8H2,1-3H3. The fourth-order valence-electron chi connectivity index (χ4n) is 2.07. The van der Waals surface area contributed by atoms with Crippen LogP contribution in [0.25, 0.3) is 11.5 Å². The van der Waals surface area contributed by atoms with Crippen molar-refractivity contribution in [1.29, 1.82) is 0 Å². The second-order valence-electron chi connectivity index (χ2n) is 4.75. The van der Waals surface area contributed by atoms with E-state index in [0.717, 1.165) is 41.0 Å². The molecule has 0 spiro atoms. The molecule has 0 fully saturated rings. The first kappa shape index (κ1) is 13.1. The molecule has 20 heavy (non-hydrogen) atoms. The first-order valence-electron chi connectivity index (χ1n) is 6.62. The predicted octanol–water partition coefficient (Wildman–Crippen LogP) is 2.66. The quantitative estimate of drug-likeness (QED) is 0.741. The molecular weight excluding hydrogens is 270 g/mol. The van der Waals surface area contributed by atoms with Gasteiger partial charge < -0.3 is 9.13 Å². The number of imidazole rings is 2. The molecule has 3 heterocycles. The van der Waals surface area contributed by atoms with Crippen molar-refractivity contribution < 1.29 is 0 Å². The third-order valence-corrected chi connectivity index (χ3v) is 4.20. The Kier molecular flexibility index (Phi) is 3.40. The summed E-state index contributed by atoms with van der Waals surface area (Å²) in [6.45, 7) is 4.86. The minimum Gasteiger partial charge on any atom is -0.337 e. The Labute approximate surface area is 122 Å². The van der Waals surface area contributed by atoms with E-state index in [2.05, 4.69) is 31.8 Å². The summed E-state index contributed by atoms with van der Waals surface area (Å²) in [5.74, 6) is 1.87. The molecule has 0 bridgehead atoms. The van der Waals surface area contributed by atoms with Gasteiger partial charge in [0.15, 0.2) is 5.82 Å². The largest absolute Gasteiger partial charge is 0.337 e. The van der Waals surface area contributed by atoms with Gasteiger partial charge >= 0.3 is 0 Å². The van der Waals surface area contributed by atoms with Gasteiger partial charge in [0.05, 0.1) is 12.2 Å². The maximum Gasteiger partial charge on any atom is 0.160 e. The molecule has 0 amide bonds. The van der Waals surface area contributed by atoms with Crippen LogP contribution in [0.3, 0.4) is 0 Å². The summed E-state index contributed by atoms with van der Waals surface area (Å²) in [6, 6.07) is 0. The number of hydrogen-bond acceptors (Lipinski definition) is 4. The summed E-state index contributed by atoms with van der Waals surface area (Å²) >= 11 is 1.70. The molecule has 3 rings (SSSR count). The molecule has 0 aliphatic rings. The van der Waals surface area contributed by atoms with Gasteiger partial charge in [0.1, 0.15) is 16.5 Å². The SMILES string of the molecule is CCc1csc(Cn2ccnc2-c2cn(C)c(C)n2)n1. The molecule has 0 radical (unpaired) electrons. The van der Waals surface area contributed by atoms with E-state index in [0.29, 0.717) is 0 Å². The van der Waals surface area contributed by atoms with Crippen LogP contribution in [0, 0.1) is 6.92 Å². The first-order valence-corrected chi connectivity index (χ1v) is 7.50. The maximum absolute atomic E-state index is 4.61. The van der Waals surface area contributed by atoms with Crippen molar-refractivity contribution in [2.75, 3.05) is 0 Å². The van der Waals surface area contributed by atoms with Crippen LogP contribution in [0.4, 0.5) is 0 Å². The summed E-state index contributed by atoms with van der Waals surface area (Å²) < 4.78 is 4.10. The Morgan fingerprint density at radius 1 is 1.30 bits per heavy atom. The molecule has 104 valence electrons. The Bertz CT molecular complexity index is 702. The Hall–Kier alpha value is -1.95. The van der Waals surface area contributed by atoms with Gasteiger partial charge in [0, 0.05) is 31.0 Å². The van der Waals surface area contributed by atoms with Crippen molar-refractivity contribution in [2.24, 2.45) is 7.05 Å². The normalized spacial score (nSPS) is 11.2. The van der Waals surface area contributed by atoms with E-state index in [4.69, 9.17) is 0 Å². The molecule has 5 nitrogen and oxygen atoms in total. The maximum atomic E-state index is 4.61. The van der Waals surface area contributed by atoms with Crippen LogP contribution in [0.2, 0.25) is 0 Å². The fourth-order valence-corrected chi connectivity index (χ4v) is 2.94.